The summed E-state index contributed by atoms with van der Waals surface area (Å²) in [5.41, 5.74) is 0.133. The summed E-state index contributed by atoms with van der Waals surface area (Å²) in [6, 6.07) is 7.27. The minimum Gasteiger partial charge on any atom is -0.348 e. The van der Waals surface area contributed by atoms with Crippen molar-refractivity contribution in [3.63, 3.8) is 0 Å². The van der Waals surface area contributed by atoms with Crippen LogP contribution < -0.4 is 10.5 Å². The zero-order valence-electron chi connectivity index (χ0n) is 17.1. The first-order valence-electron chi connectivity index (χ1n) is 9.09. The molecule has 0 unspecified atom stereocenters. The lowest BCUT2D eigenvalue weighted by atomic mass is 9.73. The van der Waals surface area contributed by atoms with Gasteiger partial charge < -0.3 is 4.90 Å². The molecule has 0 aliphatic rings. The molecule has 1 heterocycles. The number of aromatic nitrogens is 2. The summed E-state index contributed by atoms with van der Waals surface area (Å²) in [4.78, 5) is 33.2. The molecule has 0 radical (unpaired) electrons. The Morgan fingerprint density at radius 2 is 1.71 bits per heavy atom. The number of halogens is 2. The van der Waals surface area contributed by atoms with Gasteiger partial charge in [-0.25, -0.2) is 13.8 Å². The molecule has 7 heteroatoms. The zero-order chi connectivity index (χ0) is 21.3. The summed E-state index contributed by atoms with van der Waals surface area (Å²) >= 11 is 0. The largest absolute Gasteiger partial charge is 0.348 e. The Morgan fingerprint density at radius 1 is 1.14 bits per heavy atom. The number of hydrogen-bond donors (Lipinski definition) is 1. The third-order valence-corrected chi connectivity index (χ3v) is 4.69. The Kier molecular flexibility index (Phi) is 6.06. The minimum absolute atomic E-state index is 0.0675. The minimum atomic E-state index is -2.91. The van der Waals surface area contributed by atoms with Crippen molar-refractivity contribution in [3.05, 3.63) is 57.5 Å². The van der Waals surface area contributed by atoms with Gasteiger partial charge in [0.1, 0.15) is 5.69 Å². The maximum absolute atomic E-state index is 13.5. The van der Waals surface area contributed by atoms with Gasteiger partial charge in [-0.3, -0.25) is 14.6 Å². The monoisotopic (exact) mass is 391 g/mol. The van der Waals surface area contributed by atoms with Gasteiger partial charge in [-0.15, -0.1) is 0 Å². The average Bonchev–Trinajstić information content (AvgIpc) is 2.57. The molecule has 0 fully saturated rings. The lowest BCUT2D eigenvalue weighted by Crippen LogP contribution is -2.24. The highest BCUT2D eigenvalue weighted by Gasteiger charge is 2.31. The number of hydrogen-bond acceptors (Lipinski definition) is 4. The number of carbonyl (C=O) groups excluding carboxylic acids is 1. The Balaban J connectivity index is 2.36. The van der Waals surface area contributed by atoms with Crippen molar-refractivity contribution in [2.24, 2.45) is 5.41 Å². The number of carbonyl (C=O) groups is 1. The van der Waals surface area contributed by atoms with Gasteiger partial charge in [0.2, 0.25) is 5.95 Å². The molecule has 0 bridgehead atoms. The van der Waals surface area contributed by atoms with Crippen LogP contribution in [0.5, 0.6) is 0 Å². The van der Waals surface area contributed by atoms with Crippen molar-refractivity contribution in [1.82, 2.24) is 9.97 Å². The fraction of sp³-hybridized carbons (Fsp3) is 0.476. The number of nitrogens with zero attached hydrogens (tertiary/aromatic N) is 2. The molecule has 28 heavy (non-hydrogen) atoms. The van der Waals surface area contributed by atoms with E-state index >= 15 is 0 Å². The molecule has 0 saturated carbocycles. The van der Waals surface area contributed by atoms with E-state index in [4.69, 9.17) is 0 Å². The number of ketones is 1. The van der Waals surface area contributed by atoms with Crippen LogP contribution in [0.1, 0.15) is 61.6 Å². The zero-order valence-corrected chi connectivity index (χ0v) is 17.1. The van der Waals surface area contributed by atoms with Crippen molar-refractivity contribution in [2.75, 3.05) is 19.0 Å². The van der Waals surface area contributed by atoms with Gasteiger partial charge in [-0.05, 0) is 16.9 Å². The number of Topliss-reactive ketones (excluding diaryl/α,β-unsaturated/α-hetero) is 1. The van der Waals surface area contributed by atoms with Crippen molar-refractivity contribution in [1.29, 1.82) is 0 Å². The van der Waals surface area contributed by atoms with Crippen LogP contribution in [-0.4, -0.2) is 29.8 Å². The predicted octanol–water partition coefficient (Wildman–Crippen LogP) is 4.35. The van der Waals surface area contributed by atoms with Gasteiger partial charge in [0.25, 0.3) is 11.5 Å². The number of rotatable bonds is 6. The molecule has 2 rings (SSSR count). The molecule has 0 aliphatic heterocycles. The molecule has 1 aromatic carbocycles. The molecule has 1 aromatic heterocycles. The van der Waals surface area contributed by atoms with Crippen LogP contribution in [0.4, 0.5) is 14.7 Å². The molecule has 5 nitrogen and oxygen atoms in total. The van der Waals surface area contributed by atoms with Crippen molar-refractivity contribution in [2.45, 2.75) is 46.0 Å². The Labute approximate surface area is 163 Å². The normalized spacial score (nSPS) is 13.3. The van der Waals surface area contributed by atoms with E-state index in [1.807, 2.05) is 20.8 Å². The number of nitrogens with one attached hydrogen (secondary N) is 1. The van der Waals surface area contributed by atoms with E-state index in [9.17, 15) is 18.4 Å². The molecular formula is C21H27F2N3O2. The number of H-pyrrole nitrogens is 1. The van der Waals surface area contributed by atoms with Gasteiger partial charge in [0, 0.05) is 39.1 Å². The van der Waals surface area contributed by atoms with Crippen molar-refractivity contribution >= 4 is 11.7 Å². The maximum Gasteiger partial charge on any atom is 0.270 e. The summed E-state index contributed by atoms with van der Waals surface area (Å²) in [7, 11) is 3.44. The second kappa shape index (κ2) is 7.81. The highest BCUT2D eigenvalue weighted by atomic mass is 19.3. The van der Waals surface area contributed by atoms with E-state index in [1.165, 1.54) is 18.2 Å². The number of aromatic amines is 1. The fourth-order valence-electron chi connectivity index (χ4n) is 3.02. The molecule has 0 aliphatic carbocycles. The first-order chi connectivity index (χ1) is 12.8. The SMILES string of the molecule is CN(C)c1nc(C(=O)C[C@@H](c2ccc(C(C)(F)F)cc2)C(C)(C)C)cc(=O)[nH]1. The molecule has 0 spiro atoms. The van der Waals surface area contributed by atoms with E-state index < -0.39 is 11.5 Å². The number of anilines is 1. The van der Waals surface area contributed by atoms with Gasteiger partial charge >= 0.3 is 0 Å². The van der Waals surface area contributed by atoms with Crippen LogP contribution in [0.15, 0.2) is 35.1 Å². The third-order valence-electron chi connectivity index (χ3n) is 4.69. The smallest absolute Gasteiger partial charge is 0.270 e. The third kappa shape index (κ3) is 5.24. The van der Waals surface area contributed by atoms with Gasteiger partial charge in [-0.1, -0.05) is 45.0 Å². The van der Waals surface area contributed by atoms with E-state index in [0.29, 0.717) is 5.95 Å². The summed E-state index contributed by atoms with van der Waals surface area (Å²) < 4.78 is 27.0. The summed E-state index contributed by atoms with van der Waals surface area (Å²) in [5.74, 6) is -3.09. The Hall–Kier alpha value is -2.57. The Morgan fingerprint density at radius 3 is 2.18 bits per heavy atom. The lowest BCUT2D eigenvalue weighted by molar-refractivity contribution is 0.0174. The van der Waals surface area contributed by atoms with Gasteiger partial charge in [0.15, 0.2) is 5.78 Å². The van der Waals surface area contributed by atoms with Crippen LogP contribution in [-0.2, 0) is 5.92 Å². The standard InChI is InChI=1S/C21H27F2N3O2/c1-20(2,3)15(13-7-9-14(10-8-13)21(4,22)23)11-17(27)16-12-18(28)25-19(24-16)26(5)6/h7-10,12,15H,11H2,1-6H3,(H,24,25,28)/t15-/m0/s1. The molecule has 0 amide bonds. The van der Waals surface area contributed by atoms with Crippen LogP contribution in [0, 0.1) is 5.41 Å². The summed E-state index contributed by atoms with van der Waals surface area (Å²) in [5, 5.41) is 0. The van der Waals surface area contributed by atoms with Crippen molar-refractivity contribution < 1.29 is 13.6 Å². The highest BCUT2D eigenvalue weighted by Crippen LogP contribution is 2.39. The van der Waals surface area contributed by atoms with E-state index in [0.717, 1.165) is 12.5 Å². The van der Waals surface area contributed by atoms with E-state index in [1.54, 1.807) is 31.1 Å². The van der Waals surface area contributed by atoms with Gasteiger partial charge in [-0.2, -0.15) is 0 Å². The molecule has 0 saturated heterocycles. The van der Waals surface area contributed by atoms with E-state index in [-0.39, 0.29) is 34.8 Å². The van der Waals surface area contributed by atoms with Crippen LogP contribution in [0.25, 0.3) is 0 Å². The quantitative estimate of drug-likeness (QED) is 0.744. The number of benzene rings is 1. The first kappa shape index (κ1) is 21.7. The molecule has 1 N–H and O–H groups in total. The second-order valence-electron chi connectivity index (χ2n) is 8.40. The first-order valence-corrected chi connectivity index (χ1v) is 9.09. The van der Waals surface area contributed by atoms with Crippen LogP contribution in [0.2, 0.25) is 0 Å². The topological polar surface area (TPSA) is 66.1 Å². The summed E-state index contributed by atoms with van der Waals surface area (Å²) in [6.07, 6.45) is 0.120. The van der Waals surface area contributed by atoms with Crippen molar-refractivity contribution in [3.8, 4) is 0 Å². The highest BCUT2D eigenvalue weighted by molar-refractivity contribution is 5.95. The molecule has 152 valence electrons. The molecular weight excluding hydrogens is 364 g/mol. The maximum atomic E-state index is 13.5. The Bertz CT molecular complexity index is 892. The summed E-state index contributed by atoms with van der Waals surface area (Å²) in [6.45, 7) is 6.82. The average molecular weight is 391 g/mol. The van der Waals surface area contributed by atoms with Crippen LogP contribution in [0.3, 0.4) is 0 Å². The van der Waals surface area contributed by atoms with Crippen LogP contribution >= 0.6 is 0 Å². The molecule has 1 atom stereocenters. The van der Waals surface area contributed by atoms with Gasteiger partial charge in [0.05, 0.1) is 0 Å². The van der Waals surface area contributed by atoms with E-state index in [2.05, 4.69) is 9.97 Å². The number of alkyl halides is 2. The molecule has 2 aromatic rings. The fourth-order valence-corrected chi connectivity index (χ4v) is 3.02. The lowest BCUT2D eigenvalue weighted by Gasteiger charge is -2.31. The second-order valence-corrected chi connectivity index (χ2v) is 8.40. The predicted molar refractivity (Wildman–Crippen MR) is 106 cm³/mol.